The first-order valence-corrected chi connectivity index (χ1v) is 7.20. The Morgan fingerprint density at radius 2 is 1.77 bits per heavy atom. The number of hydrogen-bond donors (Lipinski definition) is 2. The molecular weight excluding hydrogens is 298 g/mol. The minimum atomic E-state index is -0.196. The molecule has 0 saturated heterocycles. The molecule has 5 heteroatoms. The molecule has 1 amide bonds. The standard InChI is InChI=1S/C17H14ClN3O/c1-11-15(16(21-20-11)12-5-3-2-4-6-12)19-17(22)13-7-9-14(18)10-8-13/h2-10H,1H3,(H,19,22)(H,20,21). The van der Waals surface area contributed by atoms with Crippen molar-refractivity contribution in [1.29, 1.82) is 0 Å². The van der Waals surface area contributed by atoms with E-state index in [9.17, 15) is 4.79 Å². The number of carbonyl (C=O) groups is 1. The number of aromatic nitrogens is 2. The number of nitrogens with zero attached hydrogens (tertiary/aromatic N) is 1. The van der Waals surface area contributed by atoms with Gasteiger partial charge in [0, 0.05) is 16.1 Å². The van der Waals surface area contributed by atoms with E-state index in [1.807, 2.05) is 37.3 Å². The summed E-state index contributed by atoms with van der Waals surface area (Å²) >= 11 is 5.84. The molecule has 0 atom stereocenters. The minimum Gasteiger partial charge on any atom is -0.319 e. The van der Waals surface area contributed by atoms with E-state index in [0.29, 0.717) is 16.3 Å². The maximum atomic E-state index is 12.4. The molecule has 0 aliphatic heterocycles. The number of rotatable bonds is 3. The third-order valence-corrected chi connectivity index (χ3v) is 3.61. The second-order valence-corrected chi connectivity index (χ2v) is 5.32. The van der Waals surface area contributed by atoms with E-state index in [1.165, 1.54) is 0 Å². The van der Waals surface area contributed by atoms with Crippen molar-refractivity contribution in [2.45, 2.75) is 6.92 Å². The van der Waals surface area contributed by atoms with Crippen molar-refractivity contribution in [3.63, 3.8) is 0 Å². The number of anilines is 1. The predicted octanol–water partition coefficient (Wildman–Crippen LogP) is 4.29. The molecule has 0 bridgehead atoms. The number of aromatic amines is 1. The minimum absolute atomic E-state index is 0.196. The van der Waals surface area contributed by atoms with Crippen LogP contribution < -0.4 is 5.32 Å². The van der Waals surface area contributed by atoms with Crippen LogP contribution in [0.5, 0.6) is 0 Å². The fourth-order valence-corrected chi connectivity index (χ4v) is 2.31. The highest BCUT2D eigenvalue weighted by Gasteiger charge is 2.15. The summed E-state index contributed by atoms with van der Waals surface area (Å²) in [6, 6.07) is 16.5. The summed E-state index contributed by atoms with van der Waals surface area (Å²) < 4.78 is 0. The Labute approximate surface area is 133 Å². The Hall–Kier alpha value is -2.59. The first-order valence-electron chi connectivity index (χ1n) is 6.82. The summed E-state index contributed by atoms with van der Waals surface area (Å²) in [7, 11) is 0. The van der Waals surface area contributed by atoms with Crippen molar-refractivity contribution in [2.75, 3.05) is 5.32 Å². The molecule has 1 aromatic heterocycles. The lowest BCUT2D eigenvalue weighted by atomic mass is 10.1. The average Bonchev–Trinajstić information content (AvgIpc) is 2.90. The van der Waals surface area contributed by atoms with Crippen LogP contribution in [0.2, 0.25) is 5.02 Å². The Kier molecular flexibility index (Phi) is 3.94. The molecule has 0 saturated carbocycles. The van der Waals surface area contributed by atoms with E-state index < -0.39 is 0 Å². The number of hydrogen-bond acceptors (Lipinski definition) is 2. The molecule has 0 radical (unpaired) electrons. The maximum Gasteiger partial charge on any atom is 0.255 e. The zero-order valence-electron chi connectivity index (χ0n) is 11.9. The topological polar surface area (TPSA) is 57.8 Å². The van der Waals surface area contributed by atoms with Crippen molar-refractivity contribution in [2.24, 2.45) is 0 Å². The molecule has 3 aromatic rings. The molecule has 0 unspecified atom stereocenters. The molecule has 22 heavy (non-hydrogen) atoms. The molecule has 4 nitrogen and oxygen atoms in total. The van der Waals surface area contributed by atoms with Crippen molar-refractivity contribution < 1.29 is 4.79 Å². The predicted molar refractivity (Wildman–Crippen MR) is 88.2 cm³/mol. The molecule has 0 fully saturated rings. The number of nitrogens with one attached hydrogen (secondary N) is 2. The van der Waals surface area contributed by atoms with Gasteiger partial charge in [0.25, 0.3) is 5.91 Å². The average molecular weight is 312 g/mol. The summed E-state index contributed by atoms with van der Waals surface area (Å²) in [5.41, 5.74) is 3.73. The monoisotopic (exact) mass is 311 g/mol. The second-order valence-electron chi connectivity index (χ2n) is 4.89. The van der Waals surface area contributed by atoms with E-state index in [2.05, 4.69) is 15.5 Å². The molecular formula is C17H14ClN3O. The molecule has 2 N–H and O–H groups in total. The van der Waals surface area contributed by atoms with Gasteiger partial charge in [-0.15, -0.1) is 0 Å². The Morgan fingerprint density at radius 1 is 1.09 bits per heavy atom. The van der Waals surface area contributed by atoms with Gasteiger partial charge in [0.1, 0.15) is 0 Å². The summed E-state index contributed by atoms with van der Waals surface area (Å²) in [6.07, 6.45) is 0. The largest absolute Gasteiger partial charge is 0.319 e. The van der Waals surface area contributed by atoms with Crippen molar-refractivity contribution in [1.82, 2.24) is 10.2 Å². The Morgan fingerprint density at radius 3 is 2.45 bits per heavy atom. The van der Waals surface area contributed by atoms with Gasteiger partial charge in [0.05, 0.1) is 17.1 Å². The molecule has 0 spiro atoms. The number of aryl methyl sites for hydroxylation is 1. The van der Waals surface area contributed by atoms with Crippen LogP contribution >= 0.6 is 11.6 Å². The highest BCUT2D eigenvalue weighted by molar-refractivity contribution is 6.30. The maximum absolute atomic E-state index is 12.4. The zero-order chi connectivity index (χ0) is 15.5. The third-order valence-electron chi connectivity index (χ3n) is 3.35. The van der Waals surface area contributed by atoms with E-state index >= 15 is 0 Å². The van der Waals surface area contributed by atoms with Crippen molar-refractivity contribution in [3.8, 4) is 11.3 Å². The van der Waals surface area contributed by atoms with E-state index in [0.717, 1.165) is 17.0 Å². The van der Waals surface area contributed by atoms with E-state index in [4.69, 9.17) is 11.6 Å². The van der Waals surface area contributed by atoms with Gasteiger partial charge >= 0.3 is 0 Å². The van der Waals surface area contributed by atoms with Crippen LogP contribution in [0.1, 0.15) is 16.1 Å². The van der Waals surface area contributed by atoms with Gasteiger partial charge in [-0.25, -0.2) is 0 Å². The summed E-state index contributed by atoms with van der Waals surface area (Å²) in [5, 5.41) is 10.7. The summed E-state index contributed by atoms with van der Waals surface area (Å²) in [6.45, 7) is 1.85. The second kappa shape index (κ2) is 6.03. The fourth-order valence-electron chi connectivity index (χ4n) is 2.19. The lowest BCUT2D eigenvalue weighted by Gasteiger charge is -2.07. The molecule has 1 heterocycles. The number of halogens is 1. The quantitative estimate of drug-likeness (QED) is 0.758. The number of amides is 1. The Bertz CT molecular complexity index is 795. The van der Waals surface area contributed by atoms with Gasteiger partial charge in [0.2, 0.25) is 0 Å². The Balaban J connectivity index is 1.91. The van der Waals surface area contributed by atoms with Crippen LogP contribution in [0, 0.1) is 6.92 Å². The molecule has 0 aliphatic rings. The van der Waals surface area contributed by atoms with Gasteiger partial charge in [-0.2, -0.15) is 5.10 Å². The highest BCUT2D eigenvalue weighted by atomic mass is 35.5. The lowest BCUT2D eigenvalue weighted by molar-refractivity contribution is 0.102. The molecule has 3 rings (SSSR count). The lowest BCUT2D eigenvalue weighted by Crippen LogP contribution is -2.12. The highest BCUT2D eigenvalue weighted by Crippen LogP contribution is 2.28. The third kappa shape index (κ3) is 2.87. The van der Waals surface area contributed by atoms with E-state index in [1.54, 1.807) is 24.3 Å². The van der Waals surface area contributed by atoms with Crippen molar-refractivity contribution in [3.05, 3.63) is 70.9 Å². The normalized spacial score (nSPS) is 10.5. The number of carbonyl (C=O) groups excluding carboxylic acids is 1. The van der Waals surface area contributed by atoms with Gasteiger partial charge in [-0.3, -0.25) is 9.89 Å². The van der Waals surface area contributed by atoms with Crippen LogP contribution in [0.15, 0.2) is 54.6 Å². The van der Waals surface area contributed by atoms with Crippen LogP contribution in [-0.2, 0) is 0 Å². The first kappa shape index (κ1) is 14.4. The molecule has 110 valence electrons. The summed E-state index contributed by atoms with van der Waals surface area (Å²) in [5.74, 6) is -0.196. The molecule has 0 aliphatic carbocycles. The first-order chi connectivity index (χ1) is 10.6. The van der Waals surface area contributed by atoms with E-state index in [-0.39, 0.29) is 5.91 Å². The smallest absolute Gasteiger partial charge is 0.255 e. The van der Waals surface area contributed by atoms with Crippen LogP contribution in [0.25, 0.3) is 11.3 Å². The van der Waals surface area contributed by atoms with Gasteiger partial charge < -0.3 is 5.32 Å². The van der Waals surface area contributed by atoms with Crippen LogP contribution in [0.3, 0.4) is 0 Å². The number of H-pyrrole nitrogens is 1. The van der Waals surface area contributed by atoms with Crippen LogP contribution in [-0.4, -0.2) is 16.1 Å². The van der Waals surface area contributed by atoms with Crippen LogP contribution in [0.4, 0.5) is 5.69 Å². The molecule has 2 aromatic carbocycles. The van der Waals surface area contributed by atoms with Gasteiger partial charge in [-0.05, 0) is 31.2 Å². The van der Waals surface area contributed by atoms with Crippen molar-refractivity contribution >= 4 is 23.2 Å². The number of benzene rings is 2. The SMILES string of the molecule is Cc1n[nH]c(-c2ccccc2)c1NC(=O)c1ccc(Cl)cc1. The summed E-state index contributed by atoms with van der Waals surface area (Å²) in [4.78, 5) is 12.4. The van der Waals surface area contributed by atoms with Gasteiger partial charge in [0.15, 0.2) is 0 Å². The fraction of sp³-hybridized carbons (Fsp3) is 0.0588. The van der Waals surface area contributed by atoms with Gasteiger partial charge in [-0.1, -0.05) is 41.9 Å². The zero-order valence-corrected chi connectivity index (χ0v) is 12.7.